The molecule has 3 saturated carbocycles. The summed E-state index contributed by atoms with van der Waals surface area (Å²) in [5.74, 6) is -3.05. The van der Waals surface area contributed by atoms with Gasteiger partial charge in [0.2, 0.25) is 5.91 Å². The van der Waals surface area contributed by atoms with E-state index in [-0.39, 0.29) is 42.7 Å². The van der Waals surface area contributed by atoms with Gasteiger partial charge in [0.25, 0.3) is 0 Å². The van der Waals surface area contributed by atoms with Crippen molar-refractivity contribution in [3.63, 3.8) is 0 Å². The van der Waals surface area contributed by atoms with Crippen LogP contribution in [0.5, 0.6) is 0 Å². The molecule has 0 aliphatic heterocycles. The Hall–Kier alpha value is -2.00. The molecule has 3 aliphatic rings. The maximum atomic E-state index is 15.1. The number of alkyl carbamates (subject to hydrolysis) is 1. The average molecular weight is 517 g/mol. The van der Waals surface area contributed by atoms with Gasteiger partial charge in [0.15, 0.2) is 0 Å². The Labute approximate surface area is 207 Å². The van der Waals surface area contributed by atoms with Crippen LogP contribution in [-0.2, 0) is 9.53 Å². The van der Waals surface area contributed by atoms with E-state index in [0.717, 1.165) is 12.1 Å². The number of alkyl halides is 1. The molecule has 1 aromatic rings. The molecule has 0 heterocycles. The zero-order valence-corrected chi connectivity index (χ0v) is 20.9. The second-order valence-corrected chi connectivity index (χ2v) is 11.8. The zero-order chi connectivity index (χ0) is 25.8. The first kappa shape index (κ1) is 26.1. The molecule has 194 valence electrons. The van der Waals surface area contributed by atoms with Gasteiger partial charge in [-0.05, 0) is 83.3 Å². The lowest BCUT2D eigenvalue weighted by Gasteiger charge is -2.37. The SMILES string of the molecule is CC(C)(C)OC(=O)N[C@H]1CC(C(=O)N[C@H](c2c(F)ccc(Cl)c2F)C23CCC(F)(CC2)C3)C[C@@H]1O. The molecule has 3 fully saturated rings. The fourth-order valence-electron chi connectivity index (χ4n) is 6.01. The molecule has 1 unspecified atom stereocenters. The van der Waals surface area contributed by atoms with E-state index in [9.17, 15) is 19.1 Å². The van der Waals surface area contributed by atoms with E-state index in [0.29, 0.717) is 12.8 Å². The van der Waals surface area contributed by atoms with Crippen molar-refractivity contribution in [3.05, 3.63) is 34.4 Å². The van der Waals surface area contributed by atoms with Crippen molar-refractivity contribution in [3.8, 4) is 0 Å². The Bertz CT molecular complexity index is 1010. The van der Waals surface area contributed by atoms with Crippen LogP contribution < -0.4 is 10.6 Å². The van der Waals surface area contributed by atoms with Crippen LogP contribution in [0.2, 0.25) is 5.02 Å². The summed E-state index contributed by atoms with van der Waals surface area (Å²) in [6.45, 7) is 5.12. The second-order valence-electron chi connectivity index (χ2n) is 11.4. The lowest BCUT2D eigenvalue weighted by atomic mass is 9.74. The molecule has 0 saturated heterocycles. The monoisotopic (exact) mass is 516 g/mol. The van der Waals surface area contributed by atoms with Crippen molar-refractivity contribution in [1.82, 2.24) is 10.6 Å². The summed E-state index contributed by atoms with van der Waals surface area (Å²) in [7, 11) is 0. The fraction of sp³-hybridized carbons (Fsp3) is 0.680. The molecule has 0 spiro atoms. The van der Waals surface area contributed by atoms with Crippen LogP contribution in [0.25, 0.3) is 0 Å². The number of hydrogen-bond donors (Lipinski definition) is 3. The lowest BCUT2D eigenvalue weighted by molar-refractivity contribution is -0.127. The van der Waals surface area contributed by atoms with Crippen molar-refractivity contribution in [2.24, 2.45) is 11.3 Å². The van der Waals surface area contributed by atoms with Crippen LogP contribution in [0.1, 0.15) is 77.3 Å². The first-order chi connectivity index (χ1) is 16.2. The van der Waals surface area contributed by atoms with Gasteiger partial charge in [-0.25, -0.2) is 18.0 Å². The summed E-state index contributed by atoms with van der Waals surface area (Å²) in [5.41, 5.74) is -3.32. The summed E-state index contributed by atoms with van der Waals surface area (Å²) < 4.78 is 50.3. The van der Waals surface area contributed by atoms with Crippen LogP contribution in [0.4, 0.5) is 18.0 Å². The minimum absolute atomic E-state index is 0.0551. The highest BCUT2D eigenvalue weighted by molar-refractivity contribution is 6.30. The molecule has 3 N–H and O–H groups in total. The van der Waals surface area contributed by atoms with Gasteiger partial charge in [0.1, 0.15) is 22.9 Å². The third-order valence-corrected chi connectivity index (χ3v) is 7.97. The summed E-state index contributed by atoms with van der Waals surface area (Å²) in [5, 5.41) is 15.5. The van der Waals surface area contributed by atoms with Crippen molar-refractivity contribution >= 4 is 23.6 Å². The van der Waals surface area contributed by atoms with Gasteiger partial charge in [-0.15, -0.1) is 0 Å². The third kappa shape index (κ3) is 5.26. The molecule has 2 bridgehead atoms. The predicted molar refractivity (Wildman–Crippen MR) is 123 cm³/mol. The van der Waals surface area contributed by atoms with Crippen LogP contribution >= 0.6 is 11.6 Å². The number of hydrogen-bond acceptors (Lipinski definition) is 4. The molecule has 10 heteroatoms. The van der Waals surface area contributed by atoms with Crippen molar-refractivity contribution < 1.29 is 32.6 Å². The first-order valence-corrected chi connectivity index (χ1v) is 12.4. The van der Waals surface area contributed by atoms with E-state index in [4.69, 9.17) is 16.3 Å². The van der Waals surface area contributed by atoms with Gasteiger partial charge in [-0.1, -0.05) is 11.6 Å². The zero-order valence-electron chi connectivity index (χ0n) is 20.1. The normalized spacial score (nSPS) is 33.0. The highest BCUT2D eigenvalue weighted by Gasteiger charge is 2.59. The number of nitrogens with one attached hydrogen (secondary N) is 2. The van der Waals surface area contributed by atoms with Crippen molar-refractivity contribution in [1.29, 1.82) is 0 Å². The Morgan fingerprint density at radius 1 is 1.17 bits per heavy atom. The number of carbonyl (C=O) groups is 2. The Morgan fingerprint density at radius 2 is 1.83 bits per heavy atom. The summed E-state index contributed by atoms with van der Waals surface area (Å²) in [6.07, 6.45) is -0.109. The van der Waals surface area contributed by atoms with Gasteiger partial charge >= 0.3 is 6.09 Å². The quantitative estimate of drug-likeness (QED) is 0.474. The lowest BCUT2D eigenvalue weighted by Crippen LogP contribution is -2.43. The molecule has 0 aromatic heterocycles. The number of halogens is 4. The maximum absolute atomic E-state index is 15.1. The highest BCUT2D eigenvalue weighted by Crippen LogP contribution is 2.63. The third-order valence-electron chi connectivity index (χ3n) is 7.68. The van der Waals surface area contributed by atoms with E-state index in [1.807, 2.05) is 0 Å². The number of fused-ring (bicyclic) bond motifs is 2. The van der Waals surface area contributed by atoms with Gasteiger partial charge in [-0.2, -0.15) is 0 Å². The molecular weight excluding hydrogens is 485 g/mol. The van der Waals surface area contributed by atoms with Crippen LogP contribution in [0.3, 0.4) is 0 Å². The molecule has 4 rings (SSSR count). The van der Waals surface area contributed by atoms with Crippen LogP contribution in [0, 0.1) is 23.0 Å². The standard InChI is InChI=1S/C25H32ClF3N2O4/c1-23(2,3)35-22(34)30-16-10-13(11-17(16)32)21(33)31-20(18-15(27)5-4-14(26)19(18)28)24-6-8-25(29,12-24)9-7-24/h4-5,13,16-17,20,32H,6-12H2,1-3H3,(H,30,34)(H,31,33)/t13?,16-,17-,20+,24?,25?/m0/s1. The summed E-state index contributed by atoms with van der Waals surface area (Å²) in [6, 6.07) is 0.329. The molecule has 3 aliphatic carbocycles. The van der Waals surface area contributed by atoms with Crippen molar-refractivity contribution in [2.45, 2.75) is 95.2 Å². The Morgan fingerprint density at radius 3 is 2.40 bits per heavy atom. The first-order valence-electron chi connectivity index (χ1n) is 12.0. The maximum Gasteiger partial charge on any atom is 0.407 e. The van der Waals surface area contributed by atoms with Gasteiger partial charge in [0.05, 0.1) is 23.2 Å². The predicted octanol–water partition coefficient (Wildman–Crippen LogP) is 5.11. The van der Waals surface area contributed by atoms with E-state index in [1.54, 1.807) is 20.8 Å². The number of rotatable bonds is 5. The topological polar surface area (TPSA) is 87.7 Å². The average Bonchev–Trinajstić information content (AvgIpc) is 3.40. The van der Waals surface area contributed by atoms with E-state index >= 15 is 8.78 Å². The molecule has 1 aromatic carbocycles. The molecule has 6 nitrogen and oxygen atoms in total. The van der Waals surface area contributed by atoms with Crippen LogP contribution in [0.15, 0.2) is 12.1 Å². The summed E-state index contributed by atoms with van der Waals surface area (Å²) >= 11 is 5.95. The second kappa shape index (κ2) is 9.14. The number of amides is 2. The fourth-order valence-corrected chi connectivity index (χ4v) is 6.18. The molecule has 4 atom stereocenters. The Balaban J connectivity index is 1.54. The van der Waals surface area contributed by atoms with E-state index in [2.05, 4.69) is 10.6 Å². The van der Waals surface area contributed by atoms with E-state index < -0.39 is 64.4 Å². The van der Waals surface area contributed by atoms with Gasteiger partial charge in [0, 0.05) is 11.5 Å². The minimum atomic E-state index is -1.40. The van der Waals surface area contributed by atoms with Crippen molar-refractivity contribution in [2.75, 3.05) is 0 Å². The molecule has 2 amide bonds. The number of aliphatic hydroxyl groups excluding tert-OH is 1. The number of carbonyl (C=O) groups excluding carboxylic acids is 2. The van der Waals surface area contributed by atoms with Gasteiger partial charge < -0.3 is 20.5 Å². The highest BCUT2D eigenvalue weighted by atomic mass is 35.5. The number of ether oxygens (including phenoxy) is 1. The van der Waals surface area contributed by atoms with Crippen LogP contribution in [-0.4, -0.2) is 40.5 Å². The molecular formula is C25H32ClF3N2O4. The smallest absolute Gasteiger partial charge is 0.407 e. The van der Waals surface area contributed by atoms with E-state index in [1.165, 1.54) is 0 Å². The number of aliphatic hydroxyl groups is 1. The molecule has 35 heavy (non-hydrogen) atoms. The van der Waals surface area contributed by atoms with Gasteiger partial charge in [-0.3, -0.25) is 4.79 Å². The Kier molecular flexibility index (Phi) is 6.81. The molecule has 0 radical (unpaired) electrons. The largest absolute Gasteiger partial charge is 0.444 e. The minimum Gasteiger partial charge on any atom is -0.444 e. The summed E-state index contributed by atoms with van der Waals surface area (Å²) in [4.78, 5) is 25.4. The number of benzene rings is 1.